The Morgan fingerprint density at radius 3 is 1.23 bits per heavy atom. The number of aliphatic hydroxyl groups excluding tert-OH is 6. The van der Waals surface area contributed by atoms with Crippen LogP contribution in [0.25, 0.3) is 0 Å². The van der Waals surface area contributed by atoms with Crippen molar-refractivity contribution in [2.45, 2.75) is 226 Å². The van der Waals surface area contributed by atoms with Gasteiger partial charge in [-0.2, -0.15) is 0 Å². The largest absolute Gasteiger partial charge is 0.392 e. The zero-order valence-electron chi connectivity index (χ0n) is 73.2. The molecule has 0 radical (unpaired) electrons. The van der Waals surface area contributed by atoms with Crippen molar-refractivity contribution < 1.29 is 59.4 Å². The van der Waals surface area contributed by atoms with Gasteiger partial charge in [0.15, 0.2) is 42.2 Å². The maximum absolute atomic E-state index is 12.2. The molecule has 30 unspecified atom stereocenters. The first-order valence-corrected chi connectivity index (χ1v) is 42.8. The minimum Gasteiger partial charge on any atom is -0.392 e. The first-order chi connectivity index (χ1) is 57.6. The Labute approximate surface area is 714 Å². The van der Waals surface area contributed by atoms with E-state index < -0.39 is 30.3 Å². The number of carbonyl (C=O) groups is 6. The summed E-state index contributed by atoms with van der Waals surface area (Å²) in [5.41, 5.74) is 26.1. The second kappa shape index (κ2) is 41.3. The van der Waals surface area contributed by atoms with Crippen LogP contribution in [0.5, 0.6) is 0 Å². The summed E-state index contributed by atoms with van der Waals surface area (Å²) >= 11 is 0. The van der Waals surface area contributed by atoms with Crippen LogP contribution in [-0.2, 0) is 28.8 Å². The molecule has 0 saturated heterocycles. The first-order valence-electron chi connectivity index (χ1n) is 42.8. The third kappa shape index (κ3) is 23.3. The molecule has 40 heteroatoms. The zero-order chi connectivity index (χ0) is 89.3. The molecule has 27 N–H and O–H groups in total. The summed E-state index contributed by atoms with van der Waals surface area (Å²) in [6.45, 7) is 32.4. The summed E-state index contributed by atoms with van der Waals surface area (Å²) < 4.78 is 0. The van der Waals surface area contributed by atoms with E-state index in [1.807, 2.05) is 36.3 Å². The van der Waals surface area contributed by atoms with E-state index >= 15 is 0 Å². The van der Waals surface area contributed by atoms with E-state index in [-0.39, 0.29) is 168 Å². The molecular weight excluding hydrogens is 1570 g/mol. The van der Waals surface area contributed by atoms with Gasteiger partial charge in [0.1, 0.15) is 60.5 Å². The second-order valence-electron chi connectivity index (χ2n) is 37.1. The van der Waals surface area contributed by atoms with E-state index in [1.54, 1.807) is 31.6 Å². The van der Waals surface area contributed by atoms with Gasteiger partial charge < -0.3 is 116 Å². The highest BCUT2D eigenvalue weighted by Gasteiger charge is 2.61. The van der Waals surface area contributed by atoms with Gasteiger partial charge in [0.2, 0.25) is 23.6 Å². The number of nitrogens with two attached hydrogens (primary N) is 4. The van der Waals surface area contributed by atoms with Crippen molar-refractivity contribution in [2.24, 2.45) is 158 Å². The lowest BCUT2D eigenvalue weighted by molar-refractivity contribution is -0.128. The zero-order valence-corrected chi connectivity index (χ0v) is 73.2. The Hall–Kier alpha value is -9.52. The van der Waals surface area contributed by atoms with Crippen LogP contribution in [0.3, 0.4) is 0 Å². The molecule has 19 rings (SSSR count). The quantitative estimate of drug-likeness (QED) is 0.0825. The molecular formula is C82H136N28O12. The topological polar surface area (TPSA) is 593 Å². The highest BCUT2D eigenvalue weighted by atomic mass is 16.3. The third-order valence-electron chi connectivity index (χ3n) is 23.5. The highest BCUT2D eigenvalue weighted by Crippen LogP contribution is 2.56. The fourth-order valence-corrected chi connectivity index (χ4v) is 17.5. The number of fused-ring (bicyclic) bond motifs is 9. The van der Waals surface area contributed by atoms with Crippen LogP contribution in [0, 0.1) is 94.7 Å². The predicted octanol–water partition coefficient (Wildman–Crippen LogP) is -4.15. The number of guanidine groups is 4. The molecule has 12 aliphatic heterocycles. The van der Waals surface area contributed by atoms with Crippen LogP contribution in [-0.4, -0.2) is 287 Å². The summed E-state index contributed by atoms with van der Waals surface area (Å²) in [7, 11) is 5.51. The SMILES string of the molecule is CC(C)C.CC(C)C.CC(C)C.CC(C)C.CC1C(O)C2CC2C1NCC1=CN(C)C2N=C(N)NC(=O)C12.CC1C(O)C2CC2C1NCC1=CN(C)C2N=C(N)NC(=O)C12.CN1C=NC2NC=NC2C1=O.NC1=NC2NC=C(CNC3C(O)C(O)C4CC43)C2C(=O)N1.NC1=NC2NC=C(CNC3C=CC(O)C3O)C2C(=O)N1.O=C1NC=NC2N=CNC12. The van der Waals surface area contributed by atoms with Crippen LogP contribution in [0.4, 0.5) is 0 Å². The molecule has 40 nitrogen and oxygen atoms in total. The number of carbonyl (C=O) groups excluding carboxylic acids is 6. The highest BCUT2D eigenvalue weighted by molar-refractivity contribution is 6.03. The average molecular weight is 1710 g/mol. The molecule has 0 aromatic rings. The molecule has 0 bridgehead atoms. The van der Waals surface area contributed by atoms with E-state index in [0.717, 1.165) is 65.2 Å². The Balaban J connectivity index is 0.000000150. The molecule has 30 atom stereocenters. The second-order valence-corrected chi connectivity index (χ2v) is 37.1. The summed E-state index contributed by atoms with van der Waals surface area (Å²) in [5, 5.41) is 97.1. The van der Waals surface area contributed by atoms with Crippen molar-refractivity contribution in [3.05, 3.63) is 59.2 Å². The normalized spacial score (nSPS) is 38.1. The molecule has 0 spiro atoms. The van der Waals surface area contributed by atoms with Gasteiger partial charge in [-0.1, -0.05) is 109 Å². The molecule has 6 saturated carbocycles. The van der Waals surface area contributed by atoms with Crippen LogP contribution >= 0.6 is 0 Å². The number of aliphatic imine (C=N–C) groups is 8. The van der Waals surface area contributed by atoms with E-state index in [0.29, 0.717) is 67.9 Å². The van der Waals surface area contributed by atoms with Crippen molar-refractivity contribution >= 4 is 84.6 Å². The number of likely N-dealkylation sites (N-methyl/N-ethyl adjacent to an activating group) is 1. The van der Waals surface area contributed by atoms with Crippen molar-refractivity contribution in [3.8, 4) is 0 Å². The Bertz CT molecular complexity index is 4010. The Morgan fingerprint density at radius 1 is 0.426 bits per heavy atom. The number of hydrogen-bond donors (Lipinski definition) is 23. The molecule has 0 aromatic carbocycles. The minimum atomic E-state index is -0.866. The number of hydrogen-bond acceptors (Lipinski definition) is 34. The number of amides is 6. The van der Waals surface area contributed by atoms with E-state index in [9.17, 15) is 59.4 Å². The van der Waals surface area contributed by atoms with Gasteiger partial charge in [0, 0.05) is 77.8 Å². The van der Waals surface area contributed by atoms with Gasteiger partial charge >= 0.3 is 0 Å². The standard InChI is InChI=1S/2C15H23N5O2.C13H19N5O3.C12H17N5O3.C6H8N4O.C5H6N4O.4C4H10/c2*1-6-11(8-3-9(8)12(6)21)17-4-7-5-20(2)13-10(7)14(22)19-15(16)18-13;14-13-17-11-7(12(21)18-13)4(3-16-11)2-15-8-5-1-6(5)9(19)10(8)20;13-12-16-10-8(11(20)17-12)5(4-15-10)3-14-6-1-2-7(18)9(6)19;1-10-3-9-5-4(6(10)11)7-2-8-5;10-5-3-4(7-1-6-3)8-2-9-5;4*1-4(2)3/h2*5-6,8-13,17,21H,3-4H2,1-2H3,(H3,16,18,19,22);3,5-11,15-16,19-20H,1-2H2,(H3,14,17,18,21);1-2,4,6-10,14-15,18-19H,3H2,(H3,13,16,17,20);2-5H,1H3,(H,7,8);1-4H,(H,6,7)(H,8,9,10);4*4H,1-3H3. The van der Waals surface area contributed by atoms with Crippen LogP contribution in [0.2, 0.25) is 0 Å². The number of aliphatic hydroxyl groups is 6. The number of nitrogens with one attached hydrogen (secondary N) is 13. The van der Waals surface area contributed by atoms with Crippen LogP contribution in [0.1, 0.15) is 116 Å². The molecule has 0 aromatic heterocycles. The monoisotopic (exact) mass is 1710 g/mol. The third-order valence-corrected chi connectivity index (χ3v) is 23.5. The summed E-state index contributed by atoms with van der Waals surface area (Å²) in [6.07, 6.45) is 14.9. The molecule has 6 amide bonds. The molecule has 7 aliphatic carbocycles. The predicted molar refractivity (Wildman–Crippen MR) is 466 cm³/mol. The summed E-state index contributed by atoms with van der Waals surface area (Å²) in [6, 6.07) is -0.388. The molecule has 19 aliphatic rings. The number of rotatable bonds is 12. The van der Waals surface area contributed by atoms with Crippen LogP contribution < -0.4 is 92.1 Å². The molecule has 6 fully saturated rings. The number of nitrogens with zero attached hydrogens (tertiary/aromatic N) is 11. The maximum Gasteiger partial charge on any atom is 0.256 e. The van der Waals surface area contributed by atoms with E-state index in [2.05, 4.69) is 206 Å². The average Bonchev–Trinajstić information content (AvgIpc) is 1.59. The first kappa shape index (κ1) is 94.7. The fourth-order valence-electron chi connectivity index (χ4n) is 17.5. The van der Waals surface area contributed by atoms with Gasteiger partial charge in [-0.25, -0.2) is 34.9 Å². The maximum atomic E-state index is 12.2. The summed E-state index contributed by atoms with van der Waals surface area (Å²) in [5.74, 6) is 5.27. The lowest BCUT2D eigenvalue weighted by atomic mass is 9.95. The molecule has 122 heavy (non-hydrogen) atoms. The lowest BCUT2D eigenvalue weighted by Gasteiger charge is -2.28. The van der Waals surface area contributed by atoms with Crippen molar-refractivity contribution in [3.63, 3.8) is 0 Å². The minimum absolute atomic E-state index is 0.00810. The fraction of sp³-hybridized carbons (Fsp3) is 0.707. The van der Waals surface area contributed by atoms with E-state index in [4.69, 9.17) is 22.9 Å². The van der Waals surface area contributed by atoms with Gasteiger partial charge in [0.25, 0.3) is 11.8 Å². The van der Waals surface area contributed by atoms with E-state index in [1.165, 1.54) is 30.3 Å². The molecule has 12 heterocycles. The van der Waals surface area contributed by atoms with Crippen LogP contribution in [0.15, 0.2) is 99.2 Å². The van der Waals surface area contributed by atoms with Gasteiger partial charge in [-0.05, 0) is 125 Å². The Kier molecular flexibility index (Phi) is 32.1. The molecule has 676 valence electrons. The summed E-state index contributed by atoms with van der Waals surface area (Å²) in [4.78, 5) is 109. The van der Waals surface area contributed by atoms with Crippen molar-refractivity contribution in [2.75, 3.05) is 47.3 Å². The smallest absolute Gasteiger partial charge is 0.256 e. The van der Waals surface area contributed by atoms with Crippen molar-refractivity contribution in [1.82, 2.24) is 83.8 Å². The van der Waals surface area contributed by atoms with Gasteiger partial charge in [-0.3, -0.25) is 55.0 Å². The Morgan fingerprint density at radius 2 is 0.820 bits per heavy atom. The lowest BCUT2D eigenvalue weighted by Crippen LogP contribution is -2.51. The van der Waals surface area contributed by atoms with Crippen molar-refractivity contribution in [1.29, 1.82) is 0 Å². The van der Waals surface area contributed by atoms with Gasteiger partial charge in [-0.15, -0.1) is 0 Å². The van der Waals surface area contributed by atoms with Gasteiger partial charge in [0.05, 0.1) is 61.9 Å².